The van der Waals surface area contributed by atoms with Crippen LogP contribution < -0.4 is 10.6 Å². The molecule has 1 aliphatic rings. The van der Waals surface area contributed by atoms with Gasteiger partial charge in [0.15, 0.2) is 5.78 Å². The van der Waals surface area contributed by atoms with Crippen LogP contribution in [0.25, 0.3) is 0 Å². The molecule has 1 aromatic rings. The van der Waals surface area contributed by atoms with Crippen LogP contribution in [0.2, 0.25) is 0 Å². The van der Waals surface area contributed by atoms with Gasteiger partial charge in [0.2, 0.25) is 5.91 Å². The zero-order valence-corrected chi connectivity index (χ0v) is 11.9. The number of anilines is 1. The van der Waals surface area contributed by atoms with Crippen molar-refractivity contribution in [1.29, 1.82) is 0 Å². The quantitative estimate of drug-likeness (QED) is 0.832. The van der Waals surface area contributed by atoms with Gasteiger partial charge in [-0.1, -0.05) is 19.1 Å². The predicted molar refractivity (Wildman–Crippen MR) is 77.8 cm³/mol. The summed E-state index contributed by atoms with van der Waals surface area (Å²) < 4.78 is 0. The van der Waals surface area contributed by atoms with Gasteiger partial charge in [-0.3, -0.25) is 9.59 Å². The van der Waals surface area contributed by atoms with Crippen molar-refractivity contribution in [2.75, 3.05) is 18.4 Å². The number of rotatable bonds is 4. The van der Waals surface area contributed by atoms with E-state index in [2.05, 4.69) is 10.6 Å². The van der Waals surface area contributed by atoms with Crippen molar-refractivity contribution >= 4 is 29.8 Å². The average Bonchev–Trinajstić information content (AvgIpc) is 2.26. The lowest BCUT2D eigenvalue weighted by Gasteiger charge is -2.31. The second-order valence-corrected chi connectivity index (χ2v) is 4.83. The number of nitrogens with one attached hydrogen (secondary N) is 2. The molecule has 0 saturated carbocycles. The van der Waals surface area contributed by atoms with Crippen LogP contribution in [-0.4, -0.2) is 24.8 Å². The molecule has 1 atom stereocenters. The molecule has 1 aromatic carbocycles. The van der Waals surface area contributed by atoms with Gasteiger partial charge in [0, 0.05) is 17.2 Å². The summed E-state index contributed by atoms with van der Waals surface area (Å²) in [5.74, 6) is 0.428. The first kappa shape index (κ1) is 15.7. The predicted octanol–water partition coefficient (Wildman–Crippen LogP) is 2.10. The van der Waals surface area contributed by atoms with Crippen molar-refractivity contribution in [3.05, 3.63) is 29.8 Å². The summed E-state index contributed by atoms with van der Waals surface area (Å²) in [6.45, 7) is 5.27. The lowest BCUT2D eigenvalue weighted by Crippen LogP contribution is -2.48. The molecule has 1 fully saturated rings. The number of carbonyl (C=O) groups excluding carboxylic acids is 2. The molecule has 4 nitrogen and oxygen atoms in total. The number of benzene rings is 1. The van der Waals surface area contributed by atoms with E-state index in [1.165, 1.54) is 6.92 Å². The number of hydrogen-bond acceptors (Lipinski definition) is 3. The number of Topliss-reactive ketones (excluding diaryl/α,β-unsaturated/α-hetero) is 1. The molecule has 0 radical (unpaired) electrons. The van der Waals surface area contributed by atoms with E-state index in [-0.39, 0.29) is 30.0 Å². The molecule has 0 spiro atoms. The van der Waals surface area contributed by atoms with Crippen molar-refractivity contribution < 1.29 is 9.59 Å². The second kappa shape index (κ2) is 6.68. The maximum Gasteiger partial charge on any atom is 0.227 e. The first-order valence-electron chi connectivity index (χ1n) is 6.20. The van der Waals surface area contributed by atoms with Crippen molar-refractivity contribution in [2.24, 2.45) is 11.8 Å². The molecule has 1 saturated heterocycles. The fourth-order valence-electron chi connectivity index (χ4n) is 1.95. The van der Waals surface area contributed by atoms with Gasteiger partial charge in [0.05, 0.1) is 0 Å². The molecular weight excluding hydrogens is 264 g/mol. The molecule has 1 unspecified atom stereocenters. The van der Waals surface area contributed by atoms with E-state index in [9.17, 15) is 9.59 Å². The van der Waals surface area contributed by atoms with E-state index in [1.54, 1.807) is 24.3 Å². The summed E-state index contributed by atoms with van der Waals surface area (Å²) >= 11 is 0. The van der Waals surface area contributed by atoms with E-state index in [4.69, 9.17) is 0 Å². The first-order chi connectivity index (χ1) is 8.58. The van der Waals surface area contributed by atoms with E-state index in [0.29, 0.717) is 17.2 Å². The topological polar surface area (TPSA) is 58.2 Å². The van der Waals surface area contributed by atoms with Crippen molar-refractivity contribution in [3.63, 3.8) is 0 Å². The molecule has 0 bridgehead atoms. The number of amides is 1. The summed E-state index contributed by atoms with van der Waals surface area (Å²) in [6.07, 6.45) is 0. The number of carbonyl (C=O) groups is 2. The average molecular weight is 283 g/mol. The molecule has 1 heterocycles. The van der Waals surface area contributed by atoms with Crippen molar-refractivity contribution in [2.45, 2.75) is 13.8 Å². The molecule has 2 N–H and O–H groups in total. The lowest BCUT2D eigenvalue weighted by molar-refractivity contribution is -0.121. The Balaban J connectivity index is 0.00000180. The van der Waals surface area contributed by atoms with Crippen molar-refractivity contribution in [3.8, 4) is 0 Å². The van der Waals surface area contributed by atoms with E-state index in [0.717, 1.165) is 13.1 Å². The molecule has 1 aliphatic heterocycles. The Bertz CT molecular complexity index is 472. The van der Waals surface area contributed by atoms with Crippen LogP contribution in [-0.2, 0) is 4.79 Å². The smallest absolute Gasteiger partial charge is 0.227 e. The molecule has 0 aromatic heterocycles. The Morgan fingerprint density at radius 1 is 1.37 bits per heavy atom. The van der Waals surface area contributed by atoms with Gasteiger partial charge in [0.1, 0.15) is 0 Å². The third-order valence-corrected chi connectivity index (χ3v) is 3.47. The highest BCUT2D eigenvalue weighted by molar-refractivity contribution is 5.97. The molecule has 1 amide bonds. The van der Waals surface area contributed by atoms with Crippen LogP contribution in [0.4, 0.5) is 5.69 Å². The van der Waals surface area contributed by atoms with Gasteiger partial charge >= 0.3 is 0 Å². The molecule has 0 aliphatic carbocycles. The van der Waals surface area contributed by atoms with Crippen molar-refractivity contribution in [1.82, 2.24) is 5.32 Å². The number of halogens is 1. The SMILES string of the molecule is CC(=O)c1cccc(NC(=O)C(C)C2CNC2)c1.Cl. The minimum atomic E-state index is -0.00719. The van der Waals surface area contributed by atoms with Crippen LogP contribution in [0, 0.1) is 11.8 Å². The zero-order valence-electron chi connectivity index (χ0n) is 11.1. The fraction of sp³-hybridized carbons (Fsp3) is 0.429. The molecule has 104 valence electrons. The van der Waals surface area contributed by atoms with Crippen LogP contribution in [0.1, 0.15) is 24.2 Å². The minimum absolute atomic E-state index is 0. The maximum atomic E-state index is 12.0. The Labute approximate surface area is 119 Å². The van der Waals surface area contributed by atoms with Crippen LogP contribution in [0.15, 0.2) is 24.3 Å². The molecule has 19 heavy (non-hydrogen) atoms. The monoisotopic (exact) mass is 282 g/mol. The fourth-order valence-corrected chi connectivity index (χ4v) is 1.95. The van der Waals surface area contributed by atoms with Crippen LogP contribution >= 0.6 is 12.4 Å². The van der Waals surface area contributed by atoms with Crippen LogP contribution in [0.5, 0.6) is 0 Å². The third-order valence-electron chi connectivity index (χ3n) is 3.47. The van der Waals surface area contributed by atoms with Gasteiger partial charge in [-0.25, -0.2) is 0 Å². The van der Waals surface area contributed by atoms with Gasteiger partial charge in [-0.05, 0) is 38.1 Å². The number of hydrogen-bond donors (Lipinski definition) is 2. The highest BCUT2D eigenvalue weighted by Crippen LogP contribution is 2.19. The Morgan fingerprint density at radius 2 is 2.05 bits per heavy atom. The van der Waals surface area contributed by atoms with Gasteiger partial charge in [0.25, 0.3) is 0 Å². The summed E-state index contributed by atoms with van der Waals surface area (Å²) in [5, 5.41) is 6.03. The number of ketones is 1. The Kier molecular flexibility index (Phi) is 5.51. The highest BCUT2D eigenvalue weighted by atomic mass is 35.5. The summed E-state index contributed by atoms with van der Waals surface area (Å²) in [5.41, 5.74) is 1.30. The largest absolute Gasteiger partial charge is 0.326 e. The standard InChI is InChI=1S/C14H18N2O2.ClH/c1-9(12-7-15-8-12)14(18)16-13-5-3-4-11(6-13)10(2)17;/h3-6,9,12,15H,7-8H2,1-2H3,(H,16,18);1H. The van der Waals surface area contributed by atoms with E-state index in [1.807, 2.05) is 6.92 Å². The zero-order chi connectivity index (χ0) is 13.1. The van der Waals surface area contributed by atoms with Gasteiger partial charge in [-0.15, -0.1) is 12.4 Å². The Hall–Kier alpha value is -1.39. The summed E-state index contributed by atoms with van der Waals surface area (Å²) in [6, 6.07) is 7.04. The Morgan fingerprint density at radius 3 is 2.58 bits per heavy atom. The van der Waals surface area contributed by atoms with Gasteiger partial charge < -0.3 is 10.6 Å². The third kappa shape index (κ3) is 3.78. The second-order valence-electron chi connectivity index (χ2n) is 4.83. The molecular formula is C14H19ClN2O2. The molecule has 2 rings (SSSR count). The van der Waals surface area contributed by atoms with Crippen LogP contribution in [0.3, 0.4) is 0 Å². The van der Waals surface area contributed by atoms with Gasteiger partial charge in [-0.2, -0.15) is 0 Å². The van der Waals surface area contributed by atoms with E-state index >= 15 is 0 Å². The minimum Gasteiger partial charge on any atom is -0.326 e. The molecule has 5 heteroatoms. The first-order valence-corrected chi connectivity index (χ1v) is 6.20. The maximum absolute atomic E-state index is 12.0. The normalized spacial score (nSPS) is 15.9. The summed E-state index contributed by atoms with van der Waals surface area (Å²) in [4.78, 5) is 23.3. The summed E-state index contributed by atoms with van der Waals surface area (Å²) in [7, 11) is 0. The van der Waals surface area contributed by atoms with E-state index < -0.39 is 0 Å². The lowest BCUT2D eigenvalue weighted by atomic mass is 9.88. The highest BCUT2D eigenvalue weighted by Gasteiger charge is 2.28.